The van der Waals surface area contributed by atoms with Crippen molar-refractivity contribution in [2.24, 2.45) is 5.10 Å². The number of hydrazone groups is 1. The third kappa shape index (κ3) is 2.17. The molecule has 0 aliphatic carbocycles. The minimum atomic E-state index is -0.326. The number of aromatic nitrogens is 2. The summed E-state index contributed by atoms with van der Waals surface area (Å²) < 4.78 is 0. The van der Waals surface area contributed by atoms with Crippen molar-refractivity contribution >= 4 is 22.4 Å². The van der Waals surface area contributed by atoms with Gasteiger partial charge in [0.25, 0.3) is 0 Å². The summed E-state index contributed by atoms with van der Waals surface area (Å²) >= 11 is 0. The fraction of sp³-hybridized carbons (Fsp3) is 0.167. The van der Waals surface area contributed by atoms with E-state index >= 15 is 0 Å². The van der Waals surface area contributed by atoms with E-state index in [2.05, 4.69) is 20.5 Å². The third-order valence-corrected chi connectivity index (χ3v) is 2.82. The first kappa shape index (κ1) is 12.4. The van der Waals surface area contributed by atoms with E-state index in [1.807, 2.05) is 19.9 Å². The Morgan fingerprint density at radius 1 is 1.32 bits per heavy atom. The summed E-state index contributed by atoms with van der Waals surface area (Å²) in [7, 11) is 0. The van der Waals surface area contributed by atoms with Gasteiger partial charge in [0.15, 0.2) is 0 Å². The smallest absolute Gasteiger partial charge is 0.306 e. The van der Waals surface area contributed by atoms with Crippen molar-refractivity contribution in [2.45, 2.75) is 13.8 Å². The molecular formula is C12H10N6O. The standard InChI is InChI=1S/C12H10N6O/c1-6-3-9-11(16-12(19)15-9)10(7(6)2)18-17-8(4-13)5-14/h3,18H,1-2H3,(H2,15,16,19). The Morgan fingerprint density at radius 2 is 2.00 bits per heavy atom. The number of rotatable bonds is 2. The van der Waals surface area contributed by atoms with Crippen LogP contribution in [-0.4, -0.2) is 15.7 Å². The summed E-state index contributed by atoms with van der Waals surface area (Å²) in [4.78, 5) is 16.6. The number of fused-ring (bicyclic) bond motifs is 1. The number of benzene rings is 1. The van der Waals surface area contributed by atoms with E-state index in [-0.39, 0.29) is 11.4 Å². The minimum absolute atomic E-state index is 0.285. The van der Waals surface area contributed by atoms with Gasteiger partial charge in [0.1, 0.15) is 12.1 Å². The zero-order chi connectivity index (χ0) is 14.0. The normalized spacial score (nSPS) is 9.68. The summed E-state index contributed by atoms with van der Waals surface area (Å²) in [5.41, 5.74) is 5.65. The number of H-pyrrole nitrogens is 2. The predicted octanol–water partition coefficient (Wildman–Crippen LogP) is 1.29. The Kier molecular flexibility index (Phi) is 3.05. The molecule has 7 heteroatoms. The first-order chi connectivity index (χ1) is 9.06. The second-order valence-electron chi connectivity index (χ2n) is 3.99. The molecule has 3 N–H and O–H groups in total. The molecule has 0 fully saturated rings. The van der Waals surface area contributed by atoms with Crippen LogP contribution < -0.4 is 11.1 Å². The van der Waals surface area contributed by atoms with Gasteiger partial charge in [-0.15, -0.1) is 0 Å². The molecule has 0 atom stereocenters. The molecule has 2 rings (SSSR count). The Labute approximate surface area is 108 Å². The zero-order valence-corrected chi connectivity index (χ0v) is 10.3. The lowest BCUT2D eigenvalue weighted by molar-refractivity contribution is 1.21. The molecule has 0 aliphatic heterocycles. The molecule has 1 aromatic carbocycles. The molecule has 19 heavy (non-hydrogen) atoms. The van der Waals surface area contributed by atoms with Crippen molar-refractivity contribution in [3.8, 4) is 12.1 Å². The van der Waals surface area contributed by atoms with E-state index < -0.39 is 0 Å². The molecule has 0 bridgehead atoms. The molecule has 0 unspecified atom stereocenters. The number of aryl methyl sites for hydroxylation is 1. The summed E-state index contributed by atoms with van der Waals surface area (Å²) in [6.07, 6.45) is 0. The lowest BCUT2D eigenvalue weighted by atomic mass is 10.1. The lowest BCUT2D eigenvalue weighted by Crippen LogP contribution is -2.01. The van der Waals surface area contributed by atoms with E-state index in [9.17, 15) is 4.79 Å². The molecule has 7 nitrogen and oxygen atoms in total. The number of imidazole rings is 1. The van der Waals surface area contributed by atoms with Crippen LogP contribution in [0.15, 0.2) is 16.0 Å². The second kappa shape index (κ2) is 4.67. The predicted molar refractivity (Wildman–Crippen MR) is 70.7 cm³/mol. The molecular weight excluding hydrogens is 244 g/mol. The van der Waals surface area contributed by atoms with Crippen LogP contribution in [0, 0.1) is 36.5 Å². The summed E-state index contributed by atoms with van der Waals surface area (Å²) in [5.74, 6) is 0. The first-order valence-corrected chi connectivity index (χ1v) is 5.43. The Hall–Kier alpha value is -3.06. The molecule has 0 amide bonds. The van der Waals surface area contributed by atoms with Gasteiger partial charge in [0, 0.05) is 0 Å². The number of hydrogen-bond acceptors (Lipinski definition) is 5. The van der Waals surface area contributed by atoms with Crippen LogP contribution in [0.5, 0.6) is 0 Å². The number of nitrogens with zero attached hydrogens (tertiary/aromatic N) is 3. The fourth-order valence-electron chi connectivity index (χ4n) is 1.74. The van der Waals surface area contributed by atoms with Gasteiger partial charge in [-0.2, -0.15) is 15.6 Å². The van der Waals surface area contributed by atoms with Crippen LogP contribution in [-0.2, 0) is 0 Å². The Balaban J connectivity index is 2.62. The van der Waals surface area contributed by atoms with Crippen molar-refractivity contribution in [2.75, 3.05) is 5.43 Å². The van der Waals surface area contributed by atoms with Crippen LogP contribution in [0.3, 0.4) is 0 Å². The summed E-state index contributed by atoms with van der Waals surface area (Å²) in [6.45, 7) is 3.75. The first-order valence-electron chi connectivity index (χ1n) is 5.43. The molecule has 0 aliphatic rings. The van der Waals surface area contributed by atoms with Crippen molar-refractivity contribution < 1.29 is 0 Å². The SMILES string of the molecule is Cc1cc2[nH]c(=O)[nH]c2c(NN=C(C#N)C#N)c1C. The number of anilines is 1. The highest BCUT2D eigenvalue weighted by molar-refractivity contribution is 6.10. The van der Waals surface area contributed by atoms with Crippen molar-refractivity contribution in [3.05, 3.63) is 27.7 Å². The molecule has 0 spiro atoms. The molecule has 1 heterocycles. The third-order valence-electron chi connectivity index (χ3n) is 2.82. The second-order valence-corrected chi connectivity index (χ2v) is 3.99. The van der Waals surface area contributed by atoms with Gasteiger partial charge in [-0.05, 0) is 31.0 Å². The Morgan fingerprint density at radius 3 is 2.63 bits per heavy atom. The molecule has 0 radical (unpaired) electrons. The van der Waals surface area contributed by atoms with E-state index in [0.29, 0.717) is 16.7 Å². The van der Waals surface area contributed by atoms with Gasteiger partial charge in [0.2, 0.25) is 5.71 Å². The highest BCUT2D eigenvalue weighted by Crippen LogP contribution is 2.26. The Bertz CT molecular complexity index is 796. The monoisotopic (exact) mass is 254 g/mol. The topological polar surface area (TPSA) is 121 Å². The van der Waals surface area contributed by atoms with Gasteiger partial charge >= 0.3 is 5.69 Å². The van der Waals surface area contributed by atoms with E-state index in [1.54, 1.807) is 12.1 Å². The molecule has 94 valence electrons. The van der Waals surface area contributed by atoms with Gasteiger partial charge in [0.05, 0.1) is 16.7 Å². The van der Waals surface area contributed by atoms with Crippen molar-refractivity contribution in [1.82, 2.24) is 9.97 Å². The minimum Gasteiger partial charge on any atom is -0.306 e. The van der Waals surface area contributed by atoms with Crippen LogP contribution in [0.1, 0.15) is 11.1 Å². The van der Waals surface area contributed by atoms with E-state index in [0.717, 1.165) is 11.1 Å². The number of hydrogen-bond donors (Lipinski definition) is 3. The fourth-order valence-corrected chi connectivity index (χ4v) is 1.74. The van der Waals surface area contributed by atoms with Crippen LogP contribution >= 0.6 is 0 Å². The highest BCUT2D eigenvalue weighted by Gasteiger charge is 2.10. The van der Waals surface area contributed by atoms with Gasteiger partial charge in [-0.3, -0.25) is 5.43 Å². The van der Waals surface area contributed by atoms with Gasteiger partial charge in [-0.1, -0.05) is 0 Å². The summed E-state index contributed by atoms with van der Waals surface area (Å²) in [5, 5.41) is 21.0. The van der Waals surface area contributed by atoms with Crippen LogP contribution in [0.2, 0.25) is 0 Å². The average Bonchev–Trinajstić information content (AvgIpc) is 2.74. The molecule has 2 aromatic rings. The maximum Gasteiger partial charge on any atom is 0.323 e. The number of nitriles is 2. The molecule has 0 saturated carbocycles. The number of aromatic amines is 2. The number of nitrogens with one attached hydrogen (secondary N) is 3. The molecule has 0 saturated heterocycles. The van der Waals surface area contributed by atoms with Gasteiger partial charge in [-0.25, -0.2) is 4.79 Å². The average molecular weight is 254 g/mol. The quantitative estimate of drug-likeness (QED) is 0.552. The van der Waals surface area contributed by atoms with E-state index in [1.165, 1.54) is 0 Å². The van der Waals surface area contributed by atoms with Crippen LogP contribution in [0.25, 0.3) is 11.0 Å². The van der Waals surface area contributed by atoms with Crippen LogP contribution in [0.4, 0.5) is 5.69 Å². The maximum absolute atomic E-state index is 11.3. The van der Waals surface area contributed by atoms with Gasteiger partial charge < -0.3 is 9.97 Å². The van der Waals surface area contributed by atoms with E-state index in [4.69, 9.17) is 10.5 Å². The zero-order valence-electron chi connectivity index (χ0n) is 10.3. The highest BCUT2D eigenvalue weighted by atomic mass is 16.1. The van der Waals surface area contributed by atoms with Crippen molar-refractivity contribution in [3.63, 3.8) is 0 Å². The largest absolute Gasteiger partial charge is 0.323 e. The lowest BCUT2D eigenvalue weighted by Gasteiger charge is -2.09. The van der Waals surface area contributed by atoms with Crippen molar-refractivity contribution in [1.29, 1.82) is 10.5 Å². The molecule has 1 aromatic heterocycles. The maximum atomic E-state index is 11.3. The summed E-state index contributed by atoms with van der Waals surface area (Å²) in [6, 6.07) is 5.15.